The summed E-state index contributed by atoms with van der Waals surface area (Å²) in [6.07, 6.45) is 2.40. The van der Waals surface area contributed by atoms with E-state index in [1.807, 2.05) is 0 Å². The van der Waals surface area contributed by atoms with Crippen LogP contribution in [0.5, 0.6) is 0 Å². The van der Waals surface area contributed by atoms with Crippen molar-refractivity contribution in [1.29, 1.82) is 0 Å². The van der Waals surface area contributed by atoms with Crippen molar-refractivity contribution in [3.63, 3.8) is 0 Å². The molecule has 54 valence electrons. The SMILES string of the molecule is CC(F)(F)c1ccncn1. The predicted molar refractivity (Wildman–Crippen MR) is 31.6 cm³/mol. The third-order valence-corrected chi connectivity index (χ3v) is 1.03. The molecule has 0 saturated carbocycles. The van der Waals surface area contributed by atoms with Gasteiger partial charge in [-0.3, -0.25) is 0 Å². The normalized spacial score (nSPS) is 11.5. The molecule has 0 saturated heterocycles. The number of aromatic nitrogens is 2. The molecule has 1 rings (SSSR count). The molecule has 1 heterocycles. The molecular formula is C6H6F2N2. The lowest BCUT2D eigenvalue weighted by atomic mass is 10.3. The van der Waals surface area contributed by atoms with Crippen LogP contribution in [0.1, 0.15) is 12.6 Å². The van der Waals surface area contributed by atoms with Crippen LogP contribution in [0.2, 0.25) is 0 Å². The molecular weight excluding hydrogens is 138 g/mol. The zero-order valence-corrected chi connectivity index (χ0v) is 5.38. The molecule has 0 aliphatic carbocycles. The van der Waals surface area contributed by atoms with Crippen LogP contribution in [0, 0.1) is 0 Å². The molecule has 0 aromatic carbocycles. The van der Waals surface area contributed by atoms with Crippen LogP contribution in [-0.4, -0.2) is 9.97 Å². The van der Waals surface area contributed by atoms with Crippen molar-refractivity contribution in [3.05, 3.63) is 24.3 Å². The molecule has 0 radical (unpaired) electrons. The van der Waals surface area contributed by atoms with E-state index in [4.69, 9.17) is 0 Å². The quantitative estimate of drug-likeness (QED) is 0.598. The van der Waals surface area contributed by atoms with Crippen LogP contribution in [0.15, 0.2) is 18.6 Å². The van der Waals surface area contributed by atoms with E-state index in [2.05, 4.69) is 9.97 Å². The number of alkyl halides is 2. The van der Waals surface area contributed by atoms with E-state index in [0.717, 1.165) is 13.3 Å². The van der Waals surface area contributed by atoms with Gasteiger partial charge in [-0.25, -0.2) is 9.97 Å². The summed E-state index contributed by atoms with van der Waals surface area (Å²) >= 11 is 0. The molecule has 1 aromatic heterocycles. The highest BCUT2D eigenvalue weighted by molar-refractivity contribution is 5.03. The topological polar surface area (TPSA) is 25.8 Å². The number of hydrogen-bond donors (Lipinski definition) is 0. The van der Waals surface area contributed by atoms with Gasteiger partial charge in [-0.15, -0.1) is 0 Å². The Morgan fingerprint density at radius 3 is 2.50 bits per heavy atom. The van der Waals surface area contributed by atoms with Gasteiger partial charge in [0.25, 0.3) is 5.92 Å². The molecule has 0 aliphatic heterocycles. The van der Waals surface area contributed by atoms with Crippen LogP contribution in [0.3, 0.4) is 0 Å². The summed E-state index contributed by atoms with van der Waals surface area (Å²) in [5.74, 6) is -2.86. The molecule has 2 nitrogen and oxygen atoms in total. The molecule has 1 aromatic rings. The molecule has 0 atom stereocenters. The number of nitrogens with zero attached hydrogens (tertiary/aromatic N) is 2. The fourth-order valence-corrected chi connectivity index (χ4v) is 0.550. The second-order valence-electron chi connectivity index (χ2n) is 1.98. The predicted octanol–water partition coefficient (Wildman–Crippen LogP) is 1.59. The highest BCUT2D eigenvalue weighted by Gasteiger charge is 2.25. The maximum atomic E-state index is 12.4. The molecule has 0 amide bonds. The van der Waals surface area contributed by atoms with Gasteiger partial charge in [-0.2, -0.15) is 8.78 Å². The smallest absolute Gasteiger partial charge is 0.245 e. The maximum absolute atomic E-state index is 12.4. The van der Waals surface area contributed by atoms with E-state index < -0.39 is 5.92 Å². The van der Waals surface area contributed by atoms with Gasteiger partial charge in [0.15, 0.2) is 0 Å². The zero-order valence-electron chi connectivity index (χ0n) is 5.38. The third-order valence-electron chi connectivity index (χ3n) is 1.03. The Kier molecular flexibility index (Phi) is 1.61. The Bertz CT molecular complexity index is 205. The van der Waals surface area contributed by atoms with Crippen molar-refractivity contribution >= 4 is 0 Å². The highest BCUT2D eigenvalue weighted by Crippen LogP contribution is 2.23. The van der Waals surface area contributed by atoms with E-state index in [-0.39, 0.29) is 5.69 Å². The summed E-state index contributed by atoms with van der Waals surface area (Å²) in [7, 11) is 0. The van der Waals surface area contributed by atoms with Crippen LogP contribution in [-0.2, 0) is 5.92 Å². The minimum atomic E-state index is -2.86. The first-order chi connectivity index (χ1) is 4.61. The molecule has 0 bridgehead atoms. The second kappa shape index (κ2) is 2.28. The first-order valence-electron chi connectivity index (χ1n) is 2.75. The van der Waals surface area contributed by atoms with Gasteiger partial charge in [-0.1, -0.05) is 0 Å². The lowest BCUT2D eigenvalue weighted by Gasteiger charge is -2.06. The summed E-state index contributed by atoms with van der Waals surface area (Å²) in [6, 6.07) is 1.19. The average molecular weight is 144 g/mol. The minimum absolute atomic E-state index is 0.248. The summed E-state index contributed by atoms with van der Waals surface area (Å²) in [4.78, 5) is 6.90. The van der Waals surface area contributed by atoms with Crippen LogP contribution in [0.4, 0.5) is 8.78 Å². The fraction of sp³-hybridized carbons (Fsp3) is 0.333. The van der Waals surface area contributed by atoms with Crippen molar-refractivity contribution in [3.8, 4) is 0 Å². The van der Waals surface area contributed by atoms with E-state index in [9.17, 15) is 8.78 Å². The number of halogens is 2. The van der Waals surface area contributed by atoms with E-state index in [0.29, 0.717) is 0 Å². The molecule has 0 spiro atoms. The van der Waals surface area contributed by atoms with Gasteiger partial charge in [0.2, 0.25) is 0 Å². The zero-order chi connectivity index (χ0) is 7.61. The summed E-state index contributed by atoms with van der Waals surface area (Å²) in [6.45, 7) is 0.801. The van der Waals surface area contributed by atoms with Crippen molar-refractivity contribution < 1.29 is 8.78 Å². The third kappa shape index (κ3) is 1.46. The summed E-state index contributed by atoms with van der Waals surface area (Å²) < 4.78 is 24.7. The first-order valence-corrected chi connectivity index (χ1v) is 2.75. The lowest BCUT2D eigenvalue weighted by molar-refractivity contribution is 0.0126. The minimum Gasteiger partial charge on any atom is -0.245 e. The Balaban J connectivity index is 2.97. The largest absolute Gasteiger partial charge is 0.287 e. The average Bonchev–Trinajstić information content (AvgIpc) is 1.88. The second-order valence-corrected chi connectivity index (χ2v) is 1.98. The Hall–Kier alpha value is -1.06. The standard InChI is InChI=1S/C6H6F2N2/c1-6(7,8)5-2-3-9-4-10-5/h2-4H,1H3. The van der Waals surface area contributed by atoms with Crippen LogP contribution in [0.25, 0.3) is 0 Å². The van der Waals surface area contributed by atoms with Gasteiger partial charge >= 0.3 is 0 Å². The Morgan fingerprint density at radius 2 is 2.20 bits per heavy atom. The first kappa shape index (κ1) is 7.05. The Morgan fingerprint density at radius 1 is 1.50 bits per heavy atom. The van der Waals surface area contributed by atoms with E-state index in [1.165, 1.54) is 12.3 Å². The molecule has 0 unspecified atom stereocenters. The van der Waals surface area contributed by atoms with Gasteiger partial charge in [0.05, 0.1) is 0 Å². The van der Waals surface area contributed by atoms with Crippen molar-refractivity contribution in [1.82, 2.24) is 9.97 Å². The molecule has 0 fully saturated rings. The molecule has 0 aliphatic rings. The van der Waals surface area contributed by atoms with Crippen LogP contribution >= 0.6 is 0 Å². The molecule has 10 heavy (non-hydrogen) atoms. The summed E-state index contributed by atoms with van der Waals surface area (Å²) in [5, 5.41) is 0. The molecule has 0 N–H and O–H groups in total. The van der Waals surface area contributed by atoms with Gasteiger partial charge in [0.1, 0.15) is 12.0 Å². The Labute approximate surface area is 56.9 Å². The van der Waals surface area contributed by atoms with Crippen molar-refractivity contribution in [2.75, 3.05) is 0 Å². The monoisotopic (exact) mass is 144 g/mol. The fourth-order valence-electron chi connectivity index (χ4n) is 0.550. The summed E-state index contributed by atoms with van der Waals surface area (Å²) in [5.41, 5.74) is -0.248. The van der Waals surface area contributed by atoms with Crippen LogP contribution < -0.4 is 0 Å². The van der Waals surface area contributed by atoms with E-state index in [1.54, 1.807) is 0 Å². The lowest BCUT2D eigenvalue weighted by Crippen LogP contribution is -2.08. The van der Waals surface area contributed by atoms with E-state index >= 15 is 0 Å². The maximum Gasteiger partial charge on any atom is 0.287 e. The van der Waals surface area contributed by atoms with Gasteiger partial charge in [0, 0.05) is 13.1 Å². The number of hydrogen-bond acceptors (Lipinski definition) is 2. The number of rotatable bonds is 1. The molecule has 4 heteroatoms. The van der Waals surface area contributed by atoms with Crippen molar-refractivity contribution in [2.45, 2.75) is 12.8 Å². The van der Waals surface area contributed by atoms with Crippen molar-refractivity contribution in [2.24, 2.45) is 0 Å². The van der Waals surface area contributed by atoms with Gasteiger partial charge in [-0.05, 0) is 6.07 Å². The van der Waals surface area contributed by atoms with Gasteiger partial charge < -0.3 is 0 Å². The highest BCUT2D eigenvalue weighted by atomic mass is 19.3.